The van der Waals surface area contributed by atoms with Crippen LogP contribution >= 0.6 is 0 Å². The highest BCUT2D eigenvalue weighted by Gasteiger charge is 2.20. The van der Waals surface area contributed by atoms with Crippen LogP contribution in [-0.4, -0.2) is 175 Å². The van der Waals surface area contributed by atoms with Gasteiger partial charge in [-0.3, -0.25) is 19.2 Å². The highest BCUT2D eigenvalue weighted by atomic mass is 16.8. The second-order valence-corrected chi connectivity index (χ2v) is 10.6. The summed E-state index contributed by atoms with van der Waals surface area (Å²) in [7, 11) is 10.5. The van der Waals surface area contributed by atoms with Gasteiger partial charge in [0.25, 0.3) is 0 Å². The molecule has 0 saturated carbocycles. The first-order chi connectivity index (χ1) is 21.3. The Morgan fingerprint density at radius 1 is 0.889 bits per heavy atom. The van der Waals surface area contributed by atoms with Crippen molar-refractivity contribution < 1.29 is 52.5 Å². The molecule has 5 heterocycles. The normalized spacial score (nSPS) is 19.8. The number of esters is 1. The van der Waals surface area contributed by atoms with Crippen LogP contribution in [0.5, 0.6) is 0 Å². The van der Waals surface area contributed by atoms with Crippen LogP contribution in [0.25, 0.3) is 0 Å². The number of urea groups is 1. The fourth-order valence-electron chi connectivity index (χ4n) is 3.55. The molecule has 0 aliphatic carbocycles. The molecule has 0 aromatic heterocycles. The van der Waals surface area contributed by atoms with Gasteiger partial charge in [-0.05, 0) is 19.8 Å². The quantitative estimate of drug-likeness (QED) is 0.311. The van der Waals surface area contributed by atoms with E-state index in [-0.39, 0.29) is 24.0 Å². The fourth-order valence-corrected chi connectivity index (χ4v) is 3.55. The van der Waals surface area contributed by atoms with Crippen LogP contribution in [0.1, 0.15) is 39.0 Å². The SMILES string of the molecule is CC1COC(=O)O1.CN1CCCC1=O.CN1CCN(C)C1=O.COCCC(=O)N(C)C.O=C1CCCO1.O=CN1CCOCC1. The molecule has 1 unspecified atom stereocenters. The van der Waals surface area contributed by atoms with Gasteiger partial charge >= 0.3 is 18.2 Å². The molecule has 16 heteroatoms. The van der Waals surface area contributed by atoms with Gasteiger partial charge in [0.05, 0.1) is 32.8 Å². The van der Waals surface area contributed by atoms with Gasteiger partial charge in [0.15, 0.2) is 0 Å². The highest BCUT2D eigenvalue weighted by molar-refractivity contribution is 5.77. The number of amides is 5. The van der Waals surface area contributed by atoms with E-state index in [2.05, 4.69) is 14.2 Å². The molecule has 0 aromatic carbocycles. The Morgan fingerprint density at radius 3 is 1.73 bits per heavy atom. The largest absolute Gasteiger partial charge is 0.508 e. The maximum atomic E-state index is 10.8. The van der Waals surface area contributed by atoms with Crippen molar-refractivity contribution in [2.24, 2.45) is 0 Å². The molecule has 5 fully saturated rings. The van der Waals surface area contributed by atoms with Gasteiger partial charge in [0.1, 0.15) is 12.7 Å². The minimum atomic E-state index is -0.549. The fraction of sp³-hybridized carbons (Fsp3) is 0.793. The molecule has 45 heavy (non-hydrogen) atoms. The van der Waals surface area contributed by atoms with Crippen molar-refractivity contribution in [2.75, 3.05) is 108 Å². The molecule has 5 rings (SSSR count). The van der Waals surface area contributed by atoms with E-state index in [1.54, 1.807) is 52.6 Å². The molecular formula is C29H53N5O11. The first-order valence-electron chi connectivity index (χ1n) is 15.0. The number of rotatable bonds is 4. The summed E-state index contributed by atoms with van der Waals surface area (Å²) in [6.07, 6.45) is 4.09. The lowest BCUT2D eigenvalue weighted by Gasteiger charge is -2.21. The van der Waals surface area contributed by atoms with E-state index < -0.39 is 6.16 Å². The number of cyclic esters (lactones) is 3. The number of methoxy groups -OCH3 is 1. The molecule has 16 nitrogen and oxygen atoms in total. The van der Waals surface area contributed by atoms with Gasteiger partial charge in [0, 0.05) is 87.9 Å². The summed E-state index contributed by atoms with van der Waals surface area (Å²) < 4.78 is 23.1. The van der Waals surface area contributed by atoms with Crippen molar-refractivity contribution in [1.29, 1.82) is 0 Å². The third kappa shape index (κ3) is 20.8. The van der Waals surface area contributed by atoms with Gasteiger partial charge in [0.2, 0.25) is 18.2 Å². The minimum absolute atomic E-state index is 0.0463. The van der Waals surface area contributed by atoms with E-state index in [0.29, 0.717) is 51.8 Å². The minimum Gasteiger partial charge on any atom is -0.466 e. The summed E-state index contributed by atoms with van der Waals surface area (Å²) in [6, 6.07) is 0.130. The van der Waals surface area contributed by atoms with Gasteiger partial charge in [-0.25, -0.2) is 9.59 Å². The Kier molecular flexibility index (Phi) is 22.6. The second kappa shape index (κ2) is 24.6. The first kappa shape index (κ1) is 41.3. The molecule has 0 spiro atoms. The first-order valence-corrected chi connectivity index (χ1v) is 15.0. The van der Waals surface area contributed by atoms with Crippen molar-refractivity contribution in [2.45, 2.75) is 45.1 Å². The predicted molar refractivity (Wildman–Crippen MR) is 163 cm³/mol. The van der Waals surface area contributed by atoms with Crippen LogP contribution in [-0.2, 0) is 42.9 Å². The molecule has 5 amide bonds. The number of likely N-dealkylation sites (tertiary alicyclic amines) is 1. The maximum Gasteiger partial charge on any atom is 0.508 e. The Bertz CT molecular complexity index is 880. The van der Waals surface area contributed by atoms with Crippen molar-refractivity contribution in [3.05, 3.63) is 0 Å². The smallest absolute Gasteiger partial charge is 0.466 e. The predicted octanol–water partition coefficient (Wildman–Crippen LogP) is 0.673. The zero-order valence-corrected chi connectivity index (χ0v) is 28.0. The summed E-state index contributed by atoms with van der Waals surface area (Å²) in [6.45, 7) is 8.92. The van der Waals surface area contributed by atoms with E-state index in [1.165, 1.54) is 0 Å². The number of carbonyl (C=O) groups excluding carboxylic acids is 6. The molecule has 0 aromatic rings. The zero-order chi connectivity index (χ0) is 34.2. The number of morpholine rings is 1. The van der Waals surface area contributed by atoms with Crippen LogP contribution in [0.4, 0.5) is 9.59 Å². The zero-order valence-electron chi connectivity index (χ0n) is 28.0. The van der Waals surface area contributed by atoms with Gasteiger partial charge in [-0.15, -0.1) is 0 Å². The topological polar surface area (TPSA) is 165 Å². The molecular weight excluding hydrogens is 594 g/mol. The molecule has 0 radical (unpaired) electrons. The third-order valence-corrected chi connectivity index (χ3v) is 6.47. The second-order valence-electron chi connectivity index (χ2n) is 10.6. The summed E-state index contributed by atoms with van der Waals surface area (Å²) in [4.78, 5) is 70.5. The van der Waals surface area contributed by atoms with Crippen molar-refractivity contribution in [1.82, 2.24) is 24.5 Å². The van der Waals surface area contributed by atoms with Crippen LogP contribution in [0.3, 0.4) is 0 Å². The van der Waals surface area contributed by atoms with Gasteiger partial charge in [-0.1, -0.05) is 0 Å². The van der Waals surface area contributed by atoms with Crippen LogP contribution in [0, 0.1) is 0 Å². The third-order valence-electron chi connectivity index (χ3n) is 6.47. The van der Waals surface area contributed by atoms with Crippen LogP contribution in [0.2, 0.25) is 0 Å². The Balaban J connectivity index is 0.000000518. The lowest BCUT2D eigenvalue weighted by Crippen LogP contribution is -2.34. The average molecular weight is 648 g/mol. The van der Waals surface area contributed by atoms with Crippen LogP contribution < -0.4 is 0 Å². The summed E-state index contributed by atoms with van der Waals surface area (Å²) >= 11 is 0. The van der Waals surface area contributed by atoms with E-state index >= 15 is 0 Å². The monoisotopic (exact) mass is 647 g/mol. The van der Waals surface area contributed by atoms with Crippen molar-refractivity contribution >= 4 is 36.4 Å². The van der Waals surface area contributed by atoms with E-state index in [1.807, 2.05) is 21.1 Å². The molecule has 260 valence electrons. The summed E-state index contributed by atoms with van der Waals surface area (Å²) in [5.41, 5.74) is 0. The Morgan fingerprint density at radius 2 is 1.51 bits per heavy atom. The standard InChI is InChI=1S/C6H13NO2.C5H10N2O.C5H9NO2.C5H9NO.C4H6O3.C4H6O2/c1-7(2)6(8)4-5-9-3;1-6-3-4-7(2)5(6)8;7-5-6-1-3-8-4-2-6;1-6-4-2-3-5(6)7;1-3-2-6-4(5)7-3;5-4-2-1-3-6-4/h4-5H2,1-3H3;3-4H2,1-2H3;5H,1-4H2;2-4H2,1H3;3H,2H2,1H3;1-3H2. The van der Waals surface area contributed by atoms with Crippen molar-refractivity contribution in [3.8, 4) is 0 Å². The van der Waals surface area contributed by atoms with E-state index in [9.17, 15) is 28.8 Å². The molecule has 1 atom stereocenters. The number of nitrogens with zero attached hydrogens (tertiary/aromatic N) is 5. The number of likely N-dealkylation sites (N-methyl/N-ethyl adjacent to an activating group) is 2. The Hall–Kier alpha value is -3.66. The lowest BCUT2D eigenvalue weighted by atomic mass is 10.4. The number of hydrogen-bond donors (Lipinski definition) is 0. The number of carbonyl (C=O) groups is 6. The highest BCUT2D eigenvalue weighted by Crippen LogP contribution is 2.05. The summed E-state index contributed by atoms with van der Waals surface area (Å²) in [5, 5.41) is 0. The number of ether oxygens (including phenoxy) is 5. The molecule has 5 saturated heterocycles. The summed E-state index contributed by atoms with van der Waals surface area (Å²) in [5.74, 6) is 0.354. The molecule has 5 aliphatic heterocycles. The lowest BCUT2D eigenvalue weighted by molar-refractivity contribution is -0.138. The van der Waals surface area contributed by atoms with Gasteiger partial charge < -0.3 is 48.2 Å². The average Bonchev–Trinajstić information content (AvgIpc) is 3.83. The van der Waals surface area contributed by atoms with E-state index in [0.717, 1.165) is 58.4 Å². The van der Waals surface area contributed by atoms with Crippen LogP contribution in [0.15, 0.2) is 0 Å². The van der Waals surface area contributed by atoms with Gasteiger partial charge in [-0.2, -0.15) is 0 Å². The Labute approximate surface area is 266 Å². The van der Waals surface area contributed by atoms with E-state index in [4.69, 9.17) is 9.47 Å². The molecule has 0 bridgehead atoms. The number of hydrogen-bond acceptors (Lipinski definition) is 11. The maximum absolute atomic E-state index is 10.8. The van der Waals surface area contributed by atoms with Crippen molar-refractivity contribution in [3.63, 3.8) is 0 Å². The molecule has 0 N–H and O–H groups in total. The molecule has 5 aliphatic rings.